The highest BCUT2D eigenvalue weighted by Crippen LogP contribution is 2.27. The van der Waals surface area contributed by atoms with Crippen LogP contribution in [-0.4, -0.2) is 24.0 Å². The molecule has 0 aliphatic heterocycles. The fourth-order valence-corrected chi connectivity index (χ4v) is 2.74. The summed E-state index contributed by atoms with van der Waals surface area (Å²) in [6.45, 7) is 15.2. The Hall–Kier alpha value is -0.860. The molecule has 0 radical (unpaired) electrons. The molecule has 0 heterocycles. The Kier molecular flexibility index (Phi) is 6.22. The lowest BCUT2D eigenvalue weighted by Gasteiger charge is -2.35. The first kappa shape index (κ1) is 17.2. The minimum Gasteiger partial charge on any atom is -0.329 e. The van der Waals surface area contributed by atoms with Gasteiger partial charge in [0.25, 0.3) is 0 Å². The summed E-state index contributed by atoms with van der Waals surface area (Å²) < 4.78 is 0. The summed E-state index contributed by atoms with van der Waals surface area (Å²) in [6, 6.07) is 9.90. The SMILES string of the molecule is CCC(C)N(CC)C(CN)c1ccc(C(C)(C)C)cc1. The Morgan fingerprint density at radius 3 is 2.00 bits per heavy atom. The summed E-state index contributed by atoms with van der Waals surface area (Å²) in [4.78, 5) is 2.51. The van der Waals surface area contributed by atoms with Crippen molar-refractivity contribution in [1.29, 1.82) is 0 Å². The molecule has 20 heavy (non-hydrogen) atoms. The topological polar surface area (TPSA) is 29.3 Å². The van der Waals surface area contributed by atoms with Crippen molar-refractivity contribution in [3.8, 4) is 0 Å². The minimum absolute atomic E-state index is 0.206. The van der Waals surface area contributed by atoms with Crippen LogP contribution in [0.1, 0.15) is 65.1 Å². The van der Waals surface area contributed by atoms with Crippen molar-refractivity contribution in [2.24, 2.45) is 5.73 Å². The Bertz CT molecular complexity index is 389. The number of hydrogen-bond acceptors (Lipinski definition) is 2. The van der Waals surface area contributed by atoms with E-state index >= 15 is 0 Å². The van der Waals surface area contributed by atoms with E-state index in [2.05, 4.69) is 70.7 Å². The van der Waals surface area contributed by atoms with Crippen LogP contribution in [0.4, 0.5) is 0 Å². The van der Waals surface area contributed by atoms with Crippen LogP contribution in [0.2, 0.25) is 0 Å². The summed E-state index contributed by atoms with van der Waals surface area (Å²) in [5, 5.41) is 0. The number of benzene rings is 1. The number of hydrogen-bond donors (Lipinski definition) is 1. The van der Waals surface area contributed by atoms with Crippen molar-refractivity contribution < 1.29 is 0 Å². The Labute approximate surface area is 125 Å². The molecular formula is C18H32N2. The average molecular weight is 276 g/mol. The van der Waals surface area contributed by atoms with Crippen molar-refractivity contribution >= 4 is 0 Å². The summed E-state index contributed by atoms with van der Waals surface area (Å²) in [5.41, 5.74) is 8.98. The highest BCUT2D eigenvalue weighted by atomic mass is 15.2. The quantitative estimate of drug-likeness (QED) is 0.847. The van der Waals surface area contributed by atoms with Crippen molar-refractivity contribution in [1.82, 2.24) is 4.90 Å². The second-order valence-electron chi connectivity index (χ2n) is 6.71. The first-order chi connectivity index (χ1) is 9.35. The van der Waals surface area contributed by atoms with Crippen LogP contribution in [0.5, 0.6) is 0 Å². The van der Waals surface area contributed by atoms with Crippen LogP contribution in [-0.2, 0) is 5.41 Å². The molecule has 0 amide bonds. The lowest BCUT2D eigenvalue weighted by molar-refractivity contribution is 0.152. The van der Waals surface area contributed by atoms with Crippen LogP contribution >= 0.6 is 0 Å². The maximum absolute atomic E-state index is 6.06. The third kappa shape index (κ3) is 4.07. The van der Waals surface area contributed by atoms with Gasteiger partial charge >= 0.3 is 0 Å². The Morgan fingerprint density at radius 2 is 1.65 bits per heavy atom. The highest BCUT2D eigenvalue weighted by molar-refractivity contribution is 5.29. The fraction of sp³-hybridized carbons (Fsp3) is 0.667. The Balaban J connectivity index is 3.00. The predicted molar refractivity (Wildman–Crippen MR) is 89.1 cm³/mol. The second-order valence-corrected chi connectivity index (χ2v) is 6.71. The lowest BCUT2D eigenvalue weighted by Crippen LogP contribution is -2.39. The van der Waals surface area contributed by atoms with E-state index in [-0.39, 0.29) is 5.41 Å². The molecule has 0 aliphatic carbocycles. The van der Waals surface area contributed by atoms with Gasteiger partial charge < -0.3 is 5.73 Å². The standard InChI is InChI=1S/C18H32N2/c1-7-14(3)20(8-2)17(13-19)15-9-11-16(12-10-15)18(4,5)6/h9-12,14,17H,7-8,13,19H2,1-6H3. The third-order valence-electron chi connectivity index (χ3n) is 4.31. The van der Waals surface area contributed by atoms with Gasteiger partial charge in [-0.3, -0.25) is 4.90 Å². The molecule has 1 rings (SSSR count). The van der Waals surface area contributed by atoms with Gasteiger partial charge in [-0.25, -0.2) is 0 Å². The van der Waals surface area contributed by atoms with Crippen LogP contribution in [0.15, 0.2) is 24.3 Å². The largest absolute Gasteiger partial charge is 0.329 e. The van der Waals surface area contributed by atoms with Crippen LogP contribution in [0.25, 0.3) is 0 Å². The van der Waals surface area contributed by atoms with Crippen LogP contribution in [0.3, 0.4) is 0 Å². The zero-order valence-electron chi connectivity index (χ0n) is 14.1. The molecule has 0 saturated heterocycles. The first-order valence-corrected chi connectivity index (χ1v) is 7.91. The molecule has 1 aromatic carbocycles. The maximum atomic E-state index is 6.06. The minimum atomic E-state index is 0.206. The van der Waals surface area contributed by atoms with Crippen LogP contribution < -0.4 is 5.73 Å². The van der Waals surface area contributed by atoms with E-state index in [1.165, 1.54) is 11.1 Å². The highest BCUT2D eigenvalue weighted by Gasteiger charge is 2.22. The second kappa shape index (κ2) is 7.24. The lowest BCUT2D eigenvalue weighted by atomic mass is 9.86. The van der Waals surface area contributed by atoms with E-state index in [9.17, 15) is 0 Å². The fourth-order valence-electron chi connectivity index (χ4n) is 2.74. The molecule has 0 fully saturated rings. The third-order valence-corrected chi connectivity index (χ3v) is 4.31. The maximum Gasteiger partial charge on any atom is 0.0473 e. The molecule has 0 bridgehead atoms. The molecule has 0 aliphatic rings. The van der Waals surface area contributed by atoms with E-state index in [4.69, 9.17) is 5.73 Å². The van der Waals surface area contributed by atoms with Crippen molar-refractivity contribution in [3.05, 3.63) is 35.4 Å². The number of likely N-dealkylation sites (N-methyl/N-ethyl adjacent to an activating group) is 1. The first-order valence-electron chi connectivity index (χ1n) is 7.91. The molecule has 0 saturated carbocycles. The summed E-state index contributed by atoms with van der Waals surface area (Å²) >= 11 is 0. The molecular weight excluding hydrogens is 244 g/mol. The molecule has 114 valence electrons. The number of nitrogens with two attached hydrogens (primary N) is 1. The van der Waals surface area contributed by atoms with Gasteiger partial charge in [0.05, 0.1) is 0 Å². The predicted octanol–water partition coefficient (Wildman–Crippen LogP) is 4.10. The normalized spacial score (nSPS) is 15.4. The summed E-state index contributed by atoms with van der Waals surface area (Å²) in [6.07, 6.45) is 1.16. The van der Waals surface area contributed by atoms with E-state index in [0.717, 1.165) is 13.0 Å². The van der Waals surface area contributed by atoms with Gasteiger partial charge in [-0.05, 0) is 36.4 Å². The van der Waals surface area contributed by atoms with Crippen molar-refractivity contribution in [3.63, 3.8) is 0 Å². The molecule has 2 nitrogen and oxygen atoms in total. The zero-order chi connectivity index (χ0) is 15.3. The summed E-state index contributed by atoms with van der Waals surface area (Å²) in [5.74, 6) is 0. The van der Waals surface area contributed by atoms with Crippen molar-refractivity contribution in [2.45, 2.75) is 65.5 Å². The smallest absolute Gasteiger partial charge is 0.0473 e. The van der Waals surface area contributed by atoms with E-state index in [1.807, 2.05) is 0 Å². The van der Waals surface area contributed by atoms with Crippen molar-refractivity contribution in [2.75, 3.05) is 13.1 Å². The molecule has 0 spiro atoms. The molecule has 0 aromatic heterocycles. The molecule has 2 unspecified atom stereocenters. The molecule has 2 atom stereocenters. The monoisotopic (exact) mass is 276 g/mol. The van der Waals surface area contributed by atoms with Gasteiger partial charge in [0.1, 0.15) is 0 Å². The molecule has 1 aromatic rings. The molecule has 2 N–H and O–H groups in total. The van der Waals surface area contributed by atoms with Gasteiger partial charge in [-0.1, -0.05) is 58.9 Å². The average Bonchev–Trinajstić information content (AvgIpc) is 2.43. The van der Waals surface area contributed by atoms with Gasteiger partial charge in [0.2, 0.25) is 0 Å². The van der Waals surface area contributed by atoms with E-state index in [1.54, 1.807) is 0 Å². The number of rotatable bonds is 6. The number of nitrogens with zero attached hydrogens (tertiary/aromatic N) is 1. The Morgan fingerprint density at radius 1 is 1.10 bits per heavy atom. The van der Waals surface area contributed by atoms with E-state index < -0.39 is 0 Å². The van der Waals surface area contributed by atoms with Gasteiger partial charge in [-0.15, -0.1) is 0 Å². The van der Waals surface area contributed by atoms with Gasteiger partial charge in [-0.2, -0.15) is 0 Å². The van der Waals surface area contributed by atoms with Gasteiger partial charge in [0.15, 0.2) is 0 Å². The van der Waals surface area contributed by atoms with Gasteiger partial charge in [0, 0.05) is 18.6 Å². The zero-order valence-corrected chi connectivity index (χ0v) is 14.1. The van der Waals surface area contributed by atoms with E-state index in [0.29, 0.717) is 18.6 Å². The summed E-state index contributed by atoms with van der Waals surface area (Å²) in [7, 11) is 0. The molecule has 2 heteroatoms. The van der Waals surface area contributed by atoms with Crippen LogP contribution in [0, 0.1) is 0 Å².